The lowest BCUT2D eigenvalue weighted by atomic mass is 9.83. The molecule has 2 aliphatic heterocycles. The minimum atomic E-state index is 0.470. The lowest BCUT2D eigenvalue weighted by Gasteiger charge is -2.45. The number of carbonyl (C=O) groups is 1. The van der Waals surface area contributed by atoms with Crippen LogP contribution in [0, 0.1) is 0 Å². The van der Waals surface area contributed by atoms with Gasteiger partial charge < -0.3 is 0 Å². The topological polar surface area (TPSA) is 20.3 Å². The van der Waals surface area contributed by atoms with Gasteiger partial charge in [-0.2, -0.15) is 0 Å². The Morgan fingerprint density at radius 2 is 2.00 bits per heavy atom. The van der Waals surface area contributed by atoms with Crippen molar-refractivity contribution in [1.82, 2.24) is 4.90 Å². The first-order valence-corrected chi connectivity index (χ1v) is 5.58. The van der Waals surface area contributed by atoms with E-state index in [-0.39, 0.29) is 0 Å². The van der Waals surface area contributed by atoms with Gasteiger partial charge in [-0.15, -0.1) is 0 Å². The van der Waals surface area contributed by atoms with Crippen LogP contribution in [0.3, 0.4) is 0 Å². The van der Waals surface area contributed by atoms with Crippen LogP contribution in [0.5, 0.6) is 0 Å². The van der Waals surface area contributed by atoms with E-state index >= 15 is 0 Å². The predicted molar refractivity (Wildman–Crippen MR) is 57.2 cm³/mol. The fraction of sp³-hybridized carbons (Fsp3) is 0.750. The first kappa shape index (κ1) is 9.91. The van der Waals surface area contributed by atoms with Crippen LogP contribution >= 0.6 is 0 Å². The number of nitrogens with zero attached hydrogens (tertiary/aromatic N) is 1. The van der Waals surface area contributed by atoms with Gasteiger partial charge in [0.05, 0.1) is 0 Å². The smallest absolute Gasteiger partial charge is 0.136 e. The van der Waals surface area contributed by atoms with Gasteiger partial charge in [0.1, 0.15) is 5.78 Å². The summed E-state index contributed by atoms with van der Waals surface area (Å²) in [6.45, 7) is 7.03. The zero-order valence-corrected chi connectivity index (χ0v) is 8.96. The van der Waals surface area contributed by atoms with Crippen molar-refractivity contribution in [3.63, 3.8) is 0 Å². The Kier molecular flexibility index (Phi) is 2.73. The third kappa shape index (κ3) is 1.90. The lowest BCUT2D eigenvalue weighted by Crippen LogP contribution is -2.52. The Hall–Kier alpha value is -0.630. The van der Waals surface area contributed by atoms with Crippen LogP contribution < -0.4 is 0 Å². The molecule has 2 unspecified atom stereocenters. The van der Waals surface area contributed by atoms with Gasteiger partial charge in [0.15, 0.2) is 0 Å². The van der Waals surface area contributed by atoms with Gasteiger partial charge in [-0.1, -0.05) is 18.6 Å². The molecule has 2 aliphatic rings. The monoisotopic (exact) mass is 193 g/mol. The summed E-state index contributed by atoms with van der Waals surface area (Å²) in [5.41, 5.74) is 1.22. The van der Waals surface area contributed by atoms with Gasteiger partial charge in [-0.25, -0.2) is 0 Å². The number of hydrogen-bond donors (Lipinski definition) is 0. The average Bonchev–Trinajstić information content (AvgIpc) is 2.05. The maximum absolute atomic E-state index is 11.5. The number of carbonyl (C=O) groups excluding carboxylic acids is 1. The van der Waals surface area contributed by atoms with Crippen LogP contribution in [-0.4, -0.2) is 29.3 Å². The second-order valence-electron chi connectivity index (χ2n) is 4.81. The summed E-state index contributed by atoms with van der Waals surface area (Å²) >= 11 is 0. The van der Waals surface area contributed by atoms with Crippen LogP contribution in [0.1, 0.15) is 39.0 Å². The van der Waals surface area contributed by atoms with Gasteiger partial charge in [0.25, 0.3) is 0 Å². The molecular weight excluding hydrogens is 174 g/mol. The molecule has 0 aromatic rings. The lowest BCUT2D eigenvalue weighted by molar-refractivity contribution is -0.126. The Morgan fingerprint density at radius 1 is 1.43 bits per heavy atom. The Morgan fingerprint density at radius 3 is 2.50 bits per heavy atom. The summed E-state index contributed by atoms with van der Waals surface area (Å²) in [4.78, 5) is 14.0. The number of Topliss-reactive ketones (excluding diaryl/α,β-unsaturated/α-hetero) is 1. The van der Waals surface area contributed by atoms with E-state index < -0.39 is 0 Å². The molecule has 2 saturated heterocycles. The molecule has 2 bridgehead atoms. The first-order chi connectivity index (χ1) is 6.66. The molecule has 0 N–H and O–H groups in total. The molecule has 0 aromatic carbocycles. The van der Waals surface area contributed by atoms with Crippen molar-refractivity contribution in [3.05, 3.63) is 12.2 Å². The van der Waals surface area contributed by atoms with Gasteiger partial charge in [-0.05, 0) is 19.8 Å². The van der Waals surface area contributed by atoms with Crippen molar-refractivity contribution in [2.45, 2.75) is 51.1 Å². The predicted octanol–water partition coefficient (Wildman–Crippen LogP) is 2.15. The molecule has 2 rings (SSSR count). The minimum Gasteiger partial charge on any atom is -0.300 e. The van der Waals surface area contributed by atoms with E-state index in [1.807, 2.05) is 0 Å². The highest BCUT2D eigenvalue weighted by molar-refractivity contribution is 5.80. The highest BCUT2D eigenvalue weighted by atomic mass is 16.1. The average molecular weight is 193 g/mol. The fourth-order valence-corrected chi connectivity index (χ4v) is 2.84. The van der Waals surface area contributed by atoms with E-state index in [9.17, 15) is 4.79 Å². The van der Waals surface area contributed by atoms with E-state index in [2.05, 4.69) is 18.4 Å². The molecule has 0 aromatic heterocycles. The molecule has 2 heteroatoms. The van der Waals surface area contributed by atoms with Crippen molar-refractivity contribution in [2.24, 2.45) is 0 Å². The second-order valence-corrected chi connectivity index (χ2v) is 4.81. The molecule has 0 spiro atoms. The molecule has 14 heavy (non-hydrogen) atoms. The summed E-state index contributed by atoms with van der Waals surface area (Å²) in [5.74, 6) is 0.470. The third-order valence-electron chi connectivity index (χ3n) is 3.39. The van der Waals surface area contributed by atoms with Crippen molar-refractivity contribution in [3.8, 4) is 0 Å². The van der Waals surface area contributed by atoms with E-state index in [1.165, 1.54) is 24.8 Å². The third-order valence-corrected chi connectivity index (χ3v) is 3.39. The summed E-state index contributed by atoms with van der Waals surface area (Å²) in [6, 6.07) is 1.04. The maximum Gasteiger partial charge on any atom is 0.136 e. The Labute approximate surface area is 86.0 Å². The molecule has 2 fully saturated rings. The SMILES string of the molecule is C=C(C)CN1C2CCCC1CC(=O)C2. The molecule has 0 radical (unpaired) electrons. The molecule has 0 amide bonds. The molecule has 78 valence electrons. The van der Waals surface area contributed by atoms with Gasteiger partial charge >= 0.3 is 0 Å². The largest absolute Gasteiger partial charge is 0.300 e. The van der Waals surface area contributed by atoms with Crippen LogP contribution in [0.4, 0.5) is 0 Å². The minimum absolute atomic E-state index is 0.470. The van der Waals surface area contributed by atoms with Crippen molar-refractivity contribution in [2.75, 3.05) is 6.54 Å². The maximum atomic E-state index is 11.5. The molecule has 0 aliphatic carbocycles. The van der Waals surface area contributed by atoms with E-state index in [4.69, 9.17) is 0 Å². The van der Waals surface area contributed by atoms with Crippen LogP contribution in [-0.2, 0) is 4.79 Å². The molecular formula is C12H19NO. The summed E-state index contributed by atoms with van der Waals surface area (Å²) in [7, 11) is 0. The number of hydrogen-bond acceptors (Lipinski definition) is 2. The zero-order chi connectivity index (χ0) is 10.1. The number of piperidine rings is 2. The van der Waals surface area contributed by atoms with Gasteiger partial charge in [-0.3, -0.25) is 9.69 Å². The number of rotatable bonds is 2. The first-order valence-electron chi connectivity index (χ1n) is 5.58. The van der Waals surface area contributed by atoms with Crippen molar-refractivity contribution >= 4 is 5.78 Å². The second kappa shape index (κ2) is 3.85. The molecule has 2 heterocycles. The summed E-state index contributed by atoms with van der Waals surface area (Å²) in [6.07, 6.45) is 5.27. The Bertz CT molecular complexity index is 243. The van der Waals surface area contributed by atoms with Crippen molar-refractivity contribution in [1.29, 1.82) is 0 Å². The number of ketones is 1. The van der Waals surface area contributed by atoms with Gasteiger partial charge in [0.2, 0.25) is 0 Å². The molecule has 2 atom stereocenters. The zero-order valence-electron chi connectivity index (χ0n) is 8.96. The molecule has 0 saturated carbocycles. The van der Waals surface area contributed by atoms with Crippen LogP contribution in [0.25, 0.3) is 0 Å². The Balaban J connectivity index is 2.08. The van der Waals surface area contributed by atoms with E-state index in [0.29, 0.717) is 17.9 Å². The molecule has 2 nitrogen and oxygen atoms in total. The summed E-state index contributed by atoms with van der Waals surface area (Å²) < 4.78 is 0. The van der Waals surface area contributed by atoms with E-state index in [0.717, 1.165) is 19.4 Å². The van der Waals surface area contributed by atoms with Crippen LogP contribution in [0.15, 0.2) is 12.2 Å². The number of fused-ring (bicyclic) bond motifs is 2. The standard InChI is InChI=1S/C12H19NO/c1-9(2)8-13-10-4-3-5-11(13)7-12(14)6-10/h10-11H,1,3-8H2,2H3. The van der Waals surface area contributed by atoms with Crippen molar-refractivity contribution < 1.29 is 4.79 Å². The summed E-state index contributed by atoms with van der Waals surface area (Å²) in [5, 5.41) is 0. The van der Waals surface area contributed by atoms with Gasteiger partial charge in [0, 0.05) is 31.5 Å². The van der Waals surface area contributed by atoms with Crippen LogP contribution in [0.2, 0.25) is 0 Å². The highest BCUT2D eigenvalue weighted by Crippen LogP contribution is 2.32. The highest BCUT2D eigenvalue weighted by Gasteiger charge is 2.36. The normalized spacial score (nSPS) is 33.1. The van der Waals surface area contributed by atoms with E-state index in [1.54, 1.807) is 0 Å². The quantitative estimate of drug-likeness (QED) is 0.626. The fourth-order valence-electron chi connectivity index (χ4n) is 2.84.